The van der Waals surface area contributed by atoms with Gasteiger partial charge in [0, 0.05) is 6.20 Å². The summed E-state index contributed by atoms with van der Waals surface area (Å²) in [5.74, 6) is 0.750. The lowest BCUT2D eigenvalue weighted by atomic mass is 10.5. The standard InChI is InChI=1S/C9H9N3OS/c1-7-11-12-9(14-7)6-13-8-3-2-4-10-5-8/h2-5H,6H2,1H3. The Kier molecular flexibility index (Phi) is 2.69. The van der Waals surface area contributed by atoms with E-state index in [9.17, 15) is 0 Å². The summed E-state index contributed by atoms with van der Waals surface area (Å²) in [7, 11) is 0. The minimum atomic E-state index is 0.456. The molecule has 0 bridgehead atoms. The predicted molar refractivity (Wildman–Crippen MR) is 53.2 cm³/mol. The van der Waals surface area contributed by atoms with Crippen LogP contribution in [0.1, 0.15) is 10.0 Å². The van der Waals surface area contributed by atoms with Gasteiger partial charge in [-0.05, 0) is 19.1 Å². The van der Waals surface area contributed by atoms with Crippen molar-refractivity contribution in [1.29, 1.82) is 0 Å². The van der Waals surface area contributed by atoms with E-state index in [-0.39, 0.29) is 0 Å². The van der Waals surface area contributed by atoms with Crippen molar-refractivity contribution in [1.82, 2.24) is 15.2 Å². The maximum Gasteiger partial charge on any atom is 0.155 e. The van der Waals surface area contributed by atoms with Gasteiger partial charge in [-0.2, -0.15) is 0 Å². The van der Waals surface area contributed by atoms with Crippen molar-refractivity contribution in [2.75, 3.05) is 0 Å². The first-order valence-electron chi connectivity index (χ1n) is 4.16. The Morgan fingerprint density at radius 1 is 1.43 bits per heavy atom. The molecular weight excluding hydrogens is 198 g/mol. The van der Waals surface area contributed by atoms with E-state index >= 15 is 0 Å². The fourth-order valence-electron chi connectivity index (χ4n) is 0.973. The van der Waals surface area contributed by atoms with Gasteiger partial charge in [0.1, 0.15) is 17.4 Å². The van der Waals surface area contributed by atoms with Crippen LogP contribution in [0.15, 0.2) is 24.5 Å². The molecule has 0 aliphatic heterocycles. The van der Waals surface area contributed by atoms with Crippen LogP contribution >= 0.6 is 11.3 Å². The second kappa shape index (κ2) is 4.15. The van der Waals surface area contributed by atoms with Crippen molar-refractivity contribution in [3.05, 3.63) is 34.5 Å². The highest BCUT2D eigenvalue weighted by Gasteiger charge is 2.00. The normalized spacial score (nSPS) is 10.1. The number of aromatic nitrogens is 3. The van der Waals surface area contributed by atoms with E-state index in [4.69, 9.17) is 4.74 Å². The van der Waals surface area contributed by atoms with Gasteiger partial charge in [0.15, 0.2) is 5.01 Å². The zero-order valence-corrected chi connectivity index (χ0v) is 8.49. The molecule has 0 spiro atoms. The Morgan fingerprint density at radius 3 is 3.00 bits per heavy atom. The van der Waals surface area contributed by atoms with Crippen molar-refractivity contribution in [2.45, 2.75) is 13.5 Å². The monoisotopic (exact) mass is 207 g/mol. The summed E-state index contributed by atoms with van der Waals surface area (Å²) >= 11 is 1.54. The molecule has 0 aliphatic rings. The molecule has 4 nitrogen and oxygen atoms in total. The van der Waals surface area contributed by atoms with Gasteiger partial charge in [0.25, 0.3) is 0 Å². The van der Waals surface area contributed by atoms with Gasteiger partial charge in [-0.1, -0.05) is 11.3 Å². The third-order valence-electron chi connectivity index (χ3n) is 1.56. The molecule has 2 rings (SSSR count). The summed E-state index contributed by atoms with van der Waals surface area (Å²) in [5, 5.41) is 9.69. The summed E-state index contributed by atoms with van der Waals surface area (Å²) in [6, 6.07) is 3.70. The first kappa shape index (κ1) is 9.08. The van der Waals surface area contributed by atoms with Gasteiger partial charge in [-0.15, -0.1) is 10.2 Å². The molecule has 0 amide bonds. The third kappa shape index (κ3) is 2.26. The second-order valence-corrected chi connectivity index (χ2v) is 3.96. The highest BCUT2D eigenvalue weighted by Crippen LogP contribution is 2.12. The minimum Gasteiger partial charge on any atom is -0.485 e. The molecule has 2 aromatic heterocycles. The SMILES string of the molecule is Cc1nnc(COc2cccnc2)s1. The Morgan fingerprint density at radius 2 is 2.36 bits per heavy atom. The fourth-order valence-corrected chi connectivity index (χ4v) is 1.60. The van der Waals surface area contributed by atoms with Crippen molar-refractivity contribution in [2.24, 2.45) is 0 Å². The topological polar surface area (TPSA) is 47.9 Å². The van der Waals surface area contributed by atoms with Crippen LogP contribution in [-0.2, 0) is 6.61 Å². The number of ether oxygens (including phenoxy) is 1. The molecule has 0 atom stereocenters. The molecule has 0 N–H and O–H groups in total. The van der Waals surface area contributed by atoms with Crippen LogP contribution in [0.3, 0.4) is 0 Å². The Bertz CT molecular complexity index is 401. The molecule has 5 heteroatoms. The highest BCUT2D eigenvalue weighted by atomic mass is 32.1. The van der Waals surface area contributed by atoms with Gasteiger partial charge in [0.2, 0.25) is 0 Å². The first-order chi connectivity index (χ1) is 6.84. The number of rotatable bonds is 3. The zero-order chi connectivity index (χ0) is 9.80. The molecule has 72 valence electrons. The summed E-state index contributed by atoms with van der Waals surface area (Å²) in [4.78, 5) is 3.94. The molecule has 0 saturated heterocycles. The van der Waals surface area contributed by atoms with Gasteiger partial charge >= 0.3 is 0 Å². The van der Waals surface area contributed by atoms with Gasteiger partial charge < -0.3 is 4.74 Å². The molecule has 2 heterocycles. The third-order valence-corrected chi connectivity index (χ3v) is 2.38. The van der Waals surface area contributed by atoms with E-state index in [0.29, 0.717) is 6.61 Å². The lowest BCUT2D eigenvalue weighted by molar-refractivity contribution is 0.303. The first-order valence-corrected chi connectivity index (χ1v) is 4.98. The van der Waals surface area contributed by atoms with E-state index in [1.165, 1.54) is 11.3 Å². The Balaban J connectivity index is 1.95. The average Bonchev–Trinajstić information content (AvgIpc) is 2.63. The zero-order valence-electron chi connectivity index (χ0n) is 7.67. The van der Waals surface area contributed by atoms with Crippen LogP contribution in [0, 0.1) is 6.92 Å². The number of aryl methyl sites for hydroxylation is 1. The maximum absolute atomic E-state index is 5.45. The summed E-state index contributed by atoms with van der Waals surface area (Å²) < 4.78 is 5.45. The van der Waals surface area contributed by atoms with E-state index in [1.54, 1.807) is 12.4 Å². The molecule has 0 radical (unpaired) electrons. The van der Waals surface area contributed by atoms with Gasteiger partial charge in [-0.3, -0.25) is 4.98 Å². The summed E-state index contributed by atoms with van der Waals surface area (Å²) in [6.45, 7) is 2.38. The van der Waals surface area contributed by atoms with Crippen LogP contribution in [0.4, 0.5) is 0 Å². The van der Waals surface area contributed by atoms with Crippen LogP contribution in [0.5, 0.6) is 5.75 Å². The van der Waals surface area contributed by atoms with E-state index in [1.807, 2.05) is 19.1 Å². The average molecular weight is 207 g/mol. The molecule has 14 heavy (non-hydrogen) atoms. The lowest BCUT2D eigenvalue weighted by Gasteiger charge is -2.00. The van der Waals surface area contributed by atoms with Gasteiger partial charge in [0.05, 0.1) is 6.20 Å². The maximum atomic E-state index is 5.45. The van der Waals surface area contributed by atoms with E-state index in [2.05, 4.69) is 15.2 Å². The minimum absolute atomic E-state index is 0.456. The Labute approximate surface area is 85.6 Å². The molecule has 0 saturated carbocycles. The molecule has 0 fully saturated rings. The summed E-state index contributed by atoms with van der Waals surface area (Å²) in [6.07, 6.45) is 3.38. The van der Waals surface area contributed by atoms with Crippen molar-refractivity contribution in [3.63, 3.8) is 0 Å². The smallest absolute Gasteiger partial charge is 0.155 e. The highest BCUT2D eigenvalue weighted by molar-refractivity contribution is 7.11. The van der Waals surface area contributed by atoms with Crippen molar-refractivity contribution in [3.8, 4) is 5.75 Å². The fraction of sp³-hybridized carbons (Fsp3) is 0.222. The molecule has 0 unspecified atom stereocenters. The number of hydrogen-bond acceptors (Lipinski definition) is 5. The summed E-state index contributed by atoms with van der Waals surface area (Å²) in [5.41, 5.74) is 0. The Hall–Kier alpha value is -1.49. The van der Waals surface area contributed by atoms with Crippen LogP contribution in [-0.4, -0.2) is 15.2 Å². The van der Waals surface area contributed by atoms with Crippen LogP contribution in [0.25, 0.3) is 0 Å². The van der Waals surface area contributed by atoms with Crippen LogP contribution < -0.4 is 4.74 Å². The lowest BCUT2D eigenvalue weighted by Crippen LogP contribution is -1.94. The van der Waals surface area contributed by atoms with Gasteiger partial charge in [-0.25, -0.2) is 0 Å². The van der Waals surface area contributed by atoms with Crippen LogP contribution in [0.2, 0.25) is 0 Å². The molecular formula is C9H9N3OS. The predicted octanol–water partition coefficient (Wildman–Crippen LogP) is 1.82. The number of nitrogens with zero attached hydrogens (tertiary/aromatic N) is 3. The quantitative estimate of drug-likeness (QED) is 0.770. The largest absolute Gasteiger partial charge is 0.485 e. The van der Waals surface area contributed by atoms with E-state index in [0.717, 1.165) is 15.8 Å². The second-order valence-electron chi connectivity index (χ2n) is 2.69. The van der Waals surface area contributed by atoms with Crippen molar-refractivity contribution < 1.29 is 4.74 Å². The van der Waals surface area contributed by atoms with Crippen molar-refractivity contribution >= 4 is 11.3 Å². The van der Waals surface area contributed by atoms with E-state index < -0.39 is 0 Å². The molecule has 0 aromatic carbocycles. The number of hydrogen-bond donors (Lipinski definition) is 0. The molecule has 0 aliphatic carbocycles. The molecule has 2 aromatic rings. The number of pyridine rings is 1.